The molecular weight excluding hydrogens is 366 g/mol. The van der Waals surface area contributed by atoms with Crippen LogP contribution in [0.2, 0.25) is 0 Å². The highest BCUT2D eigenvalue weighted by Crippen LogP contribution is 2.28. The number of rotatable bonds is 9. The van der Waals surface area contributed by atoms with E-state index in [2.05, 4.69) is 17.3 Å². The minimum absolute atomic E-state index is 0.202. The molecule has 0 atom stereocenters. The van der Waals surface area contributed by atoms with Crippen LogP contribution in [0.3, 0.4) is 0 Å². The first-order valence-electron chi connectivity index (χ1n) is 9.54. The zero-order valence-corrected chi connectivity index (χ0v) is 16.7. The second kappa shape index (κ2) is 10.1. The predicted octanol–water partition coefficient (Wildman–Crippen LogP) is 4.38. The first kappa shape index (κ1) is 20.2. The van der Waals surface area contributed by atoms with Crippen LogP contribution in [0.25, 0.3) is 6.08 Å². The van der Waals surface area contributed by atoms with Crippen molar-refractivity contribution in [1.82, 2.24) is 9.78 Å². The number of anilines is 1. The first-order chi connectivity index (χ1) is 14.2. The molecule has 3 aromatic rings. The summed E-state index contributed by atoms with van der Waals surface area (Å²) in [6.07, 6.45) is 7.82. The Kier molecular flexibility index (Phi) is 7.05. The predicted molar refractivity (Wildman–Crippen MR) is 114 cm³/mol. The van der Waals surface area contributed by atoms with Gasteiger partial charge in [-0.1, -0.05) is 25.1 Å². The number of carbonyl (C=O) groups excluding carboxylic acids is 1. The third-order valence-corrected chi connectivity index (χ3v) is 4.17. The van der Waals surface area contributed by atoms with Crippen molar-refractivity contribution in [3.63, 3.8) is 0 Å². The van der Waals surface area contributed by atoms with Gasteiger partial charge in [0.15, 0.2) is 11.5 Å². The van der Waals surface area contributed by atoms with Gasteiger partial charge in [-0.15, -0.1) is 0 Å². The molecule has 0 saturated carbocycles. The lowest BCUT2D eigenvalue weighted by molar-refractivity contribution is -0.111. The quantitative estimate of drug-likeness (QED) is 0.550. The molecule has 1 N–H and O–H groups in total. The van der Waals surface area contributed by atoms with E-state index in [4.69, 9.17) is 9.47 Å². The van der Waals surface area contributed by atoms with E-state index >= 15 is 0 Å². The average Bonchev–Trinajstić information content (AvgIpc) is 3.24. The summed E-state index contributed by atoms with van der Waals surface area (Å²) in [7, 11) is 1.60. The Hall–Kier alpha value is -3.54. The second-order valence-corrected chi connectivity index (χ2v) is 6.49. The molecule has 3 rings (SSSR count). The lowest BCUT2D eigenvalue weighted by atomic mass is 10.1. The molecule has 0 radical (unpaired) electrons. The summed E-state index contributed by atoms with van der Waals surface area (Å²) in [6, 6.07) is 15.2. The van der Waals surface area contributed by atoms with Crippen LogP contribution in [0.5, 0.6) is 11.5 Å². The summed E-state index contributed by atoms with van der Waals surface area (Å²) in [4.78, 5) is 12.3. The van der Waals surface area contributed by atoms with Crippen LogP contribution in [0.4, 0.5) is 5.69 Å². The highest BCUT2D eigenvalue weighted by atomic mass is 16.5. The van der Waals surface area contributed by atoms with Gasteiger partial charge in [0.1, 0.15) is 0 Å². The Bertz CT molecular complexity index is 965. The van der Waals surface area contributed by atoms with Crippen molar-refractivity contribution >= 4 is 17.7 Å². The van der Waals surface area contributed by atoms with Gasteiger partial charge < -0.3 is 14.8 Å². The fraction of sp³-hybridized carbons (Fsp3) is 0.217. The highest BCUT2D eigenvalue weighted by Gasteiger charge is 2.05. The number of hydrogen-bond donors (Lipinski definition) is 1. The highest BCUT2D eigenvalue weighted by molar-refractivity contribution is 6.02. The molecule has 1 aromatic heterocycles. The Morgan fingerprint density at radius 3 is 2.83 bits per heavy atom. The molecule has 0 bridgehead atoms. The van der Waals surface area contributed by atoms with Crippen molar-refractivity contribution in [2.75, 3.05) is 19.0 Å². The molecule has 0 unspecified atom stereocenters. The van der Waals surface area contributed by atoms with Gasteiger partial charge in [0.2, 0.25) is 5.91 Å². The van der Waals surface area contributed by atoms with Gasteiger partial charge in [0, 0.05) is 24.2 Å². The van der Waals surface area contributed by atoms with Gasteiger partial charge in [-0.25, -0.2) is 0 Å². The molecule has 2 aromatic carbocycles. The average molecular weight is 391 g/mol. The van der Waals surface area contributed by atoms with Crippen molar-refractivity contribution in [1.29, 1.82) is 0 Å². The number of hydrogen-bond acceptors (Lipinski definition) is 4. The summed E-state index contributed by atoms with van der Waals surface area (Å²) in [5.74, 6) is 1.14. The molecule has 0 aliphatic rings. The molecule has 0 saturated heterocycles. The third kappa shape index (κ3) is 5.97. The van der Waals surface area contributed by atoms with E-state index in [1.165, 1.54) is 6.08 Å². The van der Waals surface area contributed by atoms with E-state index in [9.17, 15) is 4.79 Å². The Balaban J connectivity index is 1.62. The van der Waals surface area contributed by atoms with E-state index in [0.29, 0.717) is 24.7 Å². The van der Waals surface area contributed by atoms with Crippen LogP contribution in [0.15, 0.2) is 67.0 Å². The SMILES string of the molecule is CCCOc1ccc(/C=C/C(=O)Nc2cccc(Cn3cccn3)c2)cc1OC. The van der Waals surface area contributed by atoms with Gasteiger partial charge in [-0.3, -0.25) is 9.48 Å². The Morgan fingerprint density at radius 1 is 1.17 bits per heavy atom. The maximum absolute atomic E-state index is 12.3. The van der Waals surface area contributed by atoms with E-state index in [1.54, 1.807) is 19.4 Å². The minimum Gasteiger partial charge on any atom is -0.493 e. The van der Waals surface area contributed by atoms with Gasteiger partial charge in [-0.05, 0) is 54.0 Å². The van der Waals surface area contributed by atoms with Crippen LogP contribution < -0.4 is 14.8 Å². The number of methoxy groups -OCH3 is 1. The van der Waals surface area contributed by atoms with Gasteiger partial charge in [0.05, 0.1) is 20.3 Å². The minimum atomic E-state index is -0.202. The van der Waals surface area contributed by atoms with Crippen molar-refractivity contribution in [2.45, 2.75) is 19.9 Å². The van der Waals surface area contributed by atoms with Crippen molar-refractivity contribution in [2.24, 2.45) is 0 Å². The summed E-state index contributed by atoms with van der Waals surface area (Å²) in [5, 5.41) is 7.09. The first-order valence-corrected chi connectivity index (χ1v) is 9.54. The molecule has 1 amide bonds. The summed E-state index contributed by atoms with van der Waals surface area (Å²) < 4.78 is 12.9. The lowest BCUT2D eigenvalue weighted by Crippen LogP contribution is -2.08. The number of ether oxygens (including phenoxy) is 2. The van der Waals surface area contributed by atoms with Crippen LogP contribution in [0, 0.1) is 0 Å². The fourth-order valence-electron chi connectivity index (χ4n) is 2.80. The molecule has 6 nitrogen and oxygen atoms in total. The largest absolute Gasteiger partial charge is 0.493 e. The van der Waals surface area contributed by atoms with Gasteiger partial charge in [-0.2, -0.15) is 5.10 Å². The summed E-state index contributed by atoms with van der Waals surface area (Å²) >= 11 is 0. The third-order valence-electron chi connectivity index (χ3n) is 4.17. The molecule has 0 fully saturated rings. The molecule has 150 valence electrons. The molecule has 6 heteroatoms. The standard InChI is InChI=1S/C23H25N3O3/c1-3-14-29-21-10-8-18(16-22(21)28-2)9-11-23(27)25-20-7-4-6-19(15-20)17-26-13-5-12-24-26/h4-13,15-16H,3,14,17H2,1-2H3,(H,25,27)/b11-9+. The van der Waals surface area contributed by atoms with Crippen molar-refractivity contribution in [3.8, 4) is 11.5 Å². The Labute approximate surface area is 170 Å². The molecular formula is C23H25N3O3. The topological polar surface area (TPSA) is 65.4 Å². The smallest absolute Gasteiger partial charge is 0.248 e. The maximum Gasteiger partial charge on any atom is 0.248 e. The van der Waals surface area contributed by atoms with E-state index in [0.717, 1.165) is 23.2 Å². The lowest BCUT2D eigenvalue weighted by Gasteiger charge is -2.10. The van der Waals surface area contributed by atoms with Gasteiger partial charge >= 0.3 is 0 Å². The number of nitrogens with zero attached hydrogens (tertiary/aromatic N) is 2. The molecule has 0 spiro atoms. The normalized spacial score (nSPS) is 10.8. The zero-order chi connectivity index (χ0) is 20.5. The zero-order valence-electron chi connectivity index (χ0n) is 16.7. The summed E-state index contributed by atoms with van der Waals surface area (Å²) in [5.41, 5.74) is 2.65. The number of nitrogens with one attached hydrogen (secondary N) is 1. The van der Waals surface area contributed by atoms with Crippen LogP contribution in [-0.4, -0.2) is 29.4 Å². The van der Waals surface area contributed by atoms with Crippen LogP contribution >= 0.6 is 0 Å². The molecule has 29 heavy (non-hydrogen) atoms. The maximum atomic E-state index is 12.3. The molecule has 1 heterocycles. The number of benzene rings is 2. The van der Waals surface area contributed by atoms with Crippen molar-refractivity contribution in [3.05, 3.63) is 78.1 Å². The van der Waals surface area contributed by atoms with E-state index in [-0.39, 0.29) is 5.91 Å². The number of amides is 1. The fourth-order valence-corrected chi connectivity index (χ4v) is 2.80. The summed E-state index contributed by atoms with van der Waals surface area (Å²) in [6.45, 7) is 3.33. The van der Waals surface area contributed by atoms with Gasteiger partial charge in [0.25, 0.3) is 0 Å². The van der Waals surface area contributed by atoms with Crippen molar-refractivity contribution < 1.29 is 14.3 Å². The van der Waals surface area contributed by atoms with E-state index < -0.39 is 0 Å². The second-order valence-electron chi connectivity index (χ2n) is 6.49. The van der Waals surface area contributed by atoms with E-state index in [1.807, 2.05) is 59.4 Å². The Morgan fingerprint density at radius 2 is 2.07 bits per heavy atom. The van der Waals surface area contributed by atoms with Crippen LogP contribution in [0.1, 0.15) is 24.5 Å². The number of aromatic nitrogens is 2. The molecule has 0 aliphatic heterocycles. The number of carbonyl (C=O) groups is 1. The monoisotopic (exact) mass is 391 g/mol. The van der Waals surface area contributed by atoms with Crippen LogP contribution in [-0.2, 0) is 11.3 Å². The molecule has 0 aliphatic carbocycles.